The minimum Gasteiger partial charge on any atom is -0.375 e. The molecule has 0 spiro atoms. The Morgan fingerprint density at radius 3 is 1.79 bits per heavy atom. The summed E-state index contributed by atoms with van der Waals surface area (Å²) in [4.78, 5) is 0. The van der Waals surface area contributed by atoms with Crippen LogP contribution >= 0.6 is 0 Å². The van der Waals surface area contributed by atoms with Gasteiger partial charge in [-0.2, -0.15) is 0 Å². The topological polar surface area (TPSA) is 36.8 Å². The summed E-state index contributed by atoms with van der Waals surface area (Å²) in [6.45, 7) is 0.893. The molecule has 0 unspecified atom stereocenters. The summed E-state index contributed by atoms with van der Waals surface area (Å²) in [6.07, 6.45) is 0. The van der Waals surface area contributed by atoms with Crippen molar-refractivity contribution in [3.05, 3.63) is 107 Å². The highest BCUT2D eigenvalue weighted by Gasteiger charge is 2.33. The molecule has 3 aromatic rings. The molecule has 3 rings (SSSR count). The van der Waals surface area contributed by atoms with Gasteiger partial charge in [0.1, 0.15) is 18.9 Å². The molecular formula is C21H21FNO+. The smallest absolute Gasteiger partial charge is 0.163 e. The van der Waals surface area contributed by atoms with Gasteiger partial charge in [-0.25, -0.2) is 4.39 Å². The molecule has 0 amide bonds. The Hall–Kier alpha value is -2.49. The van der Waals surface area contributed by atoms with Gasteiger partial charge in [0.2, 0.25) is 0 Å². The lowest BCUT2D eigenvalue weighted by molar-refractivity contribution is -0.682. The molecular weight excluding hydrogens is 301 g/mol. The number of quaternary nitrogens is 1. The highest BCUT2D eigenvalue weighted by molar-refractivity contribution is 5.35. The average molecular weight is 322 g/mol. The lowest BCUT2D eigenvalue weighted by atomic mass is 9.86. The first kappa shape index (κ1) is 16.4. The van der Waals surface area contributed by atoms with Gasteiger partial charge in [-0.3, -0.25) is 0 Å². The molecule has 0 saturated carbocycles. The van der Waals surface area contributed by atoms with Crippen LogP contribution in [0, 0.1) is 5.82 Å². The Morgan fingerprint density at radius 1 is 0.750 bits per heavy atom. The zero-order valence-electron chi connectivity index (χ0n) is 13.4. The molecule has 0 fully saturated rings. The number of hydrogen-bond donors (Lipinski definition) is 2. The normalized spacial score (nSPS) is 11.4. The van der Waals surface area contributed by atoms with Crippen molar-refractivity contribution in [2.75, 3.05) is 6.54 Å². The maximum atomic E-state index is 13.8. The maximum absolute atomic E-state index is 13.8. The van der Waals surface area contributed by atoms with Crippen molar-refractivity contribution in [3.63, 3.8) is 0 Å². The minimum absolute atomic E-state index is 0.211. The number of nitrogens with two attached hydrogens (primary N) is 1. The van der Waals surface area contributed by atoms with Crippen LogP contribution in [0.3, 0.4) is 0 Å². The van der Waals surface area contributed by atoms with Gasteiger partial charge in [-0.1, -0.05) is 78.9 Å². The average Bonchev–Trinajstić information content (AvgIpc) is 2.64. The standard InChI is InChI=1S/C21H20FNO/c22-20-14-8-7-9-17(20)15-23-16-21(24,18-10-3-1-4-11-18)19-12-5-2-6-13-19/h1-14,23-24H,15-16H2/p+1. The predicted octanol–water partition coefficient (Wildman–Crippen LogP) is 2.83. The fraction of sp³-hybridized carbons (Fsp3) is 0.143. The molecule has 0 aliphatic rings. The Labute approximate surface area is 141 Å². The van der Waals surface area contributed by atoms with E-state index in [9.17, 15) is 9.50 Å². The summed E-state index contributed by atoms with van der Waals surface area (Å²) in [5.74, 6) is -0.211. The van der Waals surface area contributed by atoms with Crippen molar-refractivity contribution in [2.24, 2.45) is 0 Å². The molecule has 2 nitrogen and oxygen atoms in total. The first-order chi connectivity index (χ1) is 11.7. The fourth-order valence-corrected chi connectivity index (χ4v) is 2.93. The number of benzene rings is 3. The van der Waals surface area contributed by atoms with Crippen LogP contribution < -0.4 is 5.32 Å². The molecule has 122 valence electrons. The van der Waals surface area contributed by atoms with E-state index in [0.29, 0.717) is 18.7 Å². The van der Waals surface area contributed by atoms with Gasteiger partial charge in [0, 0.05) is 5.56 Å². The summed E-state index contributed by atoms with van der Waals surface area (Å²) >= 11 is 0. The molecule has 3 heteroatoms. The minimum atomic E-state index is -1.12. The van der Waals surface area contributed by atoms with Crippen LogP contribution in [0.25, 0.3) is 0 Å². The highest BCUT2D eigenvalue weighted by atomic mass is 19.1. The van der Waals surface area contributed by atoms with E-state index in [1.165, 1.54) is 6.07 Å². The molecule has 3 aromatic carbocycles. The molecule has 0 aromatic heterocycles. The second kappa shape index (κ2) is 7.39. The number of halogens is 1. The van der Waals surface area contributed by atoms with E-state index >= 15 is 0 Å². The molecule has 0 radical (unpaired) electrons. The summed E-state index contributed by atoms with van der Waals surface area (Å²) in [5.41, 5.74) is 1.19. The molecule has 0 atom stereocenters. The number of hydrogen-bond acceptors (Lipinski definition) is 1. The second-order valence-corrected chi connectivity index (χ2v) is 5.88. The third-order valence-corrected chi connectivity index (χ3v) is 4.26. The van der Waals surface area contributed by atoms with E-state index in [2.05, 4.69) is 0 Å². The zero-order valence-corrected chi connectivity index (χ0v) is 13.4. The monoisotopic (exact) mass is 322 g/mol. The van der Waals surface area contributed by atoms with Crippen molar-refractivity contribution < 1.29 is 14.8 Å². The van der Waals surface area contributed by atoms with Gasteiger partial charge in [0.15, 0.2) is 5.60 Å². The van der Waals surface area contributed by atoms with Gasteiger partial charge < -0.3 is 10.4 Å². The Balaban J connectivity index is 1.82. The first-order valence-corrected chi connectivity index (χ1v) is 8.08. The van der Waals surface area contributed by atoms with E-state index in [0.717, 1.165) is 11.1 Å². The van der Waals surface area contributed by atoms with Gasteiger partial charge in [0.05, 0.1) is 0 Å². The first-order valence-electron chi connectivity index (χ1n) is 8.08. The van der Waals surface area contributed by atoms with E-state index in [-0.39, 0.29) is 5.82 Å². The largest absolute Gasteiger partial charge is 0.375 e. The third kappa shape index (κ3) is 3.53. The van der Waals surface area contributed by atoms with E-state index in [4.69, 9.17) is 0 Å². The van der Waals surface area contributed by atoms with Crippen LogP contribution in [-0.2, 0) is 12.1 Å². The molecule has 24 heavy (non-hydrogen) atoms. The Bertz CT molecular complexity index is 735. The van der Waals surface area contributed by atoms with Crippen molar-refractivity contribution in [3.8, 4) is 0 Å². The lowest BCUT2D eigenvalue weighted by Crippen LogP contribution is -2.86. The molecule has 0 heterocycles. The fourth-order valence-electron chi connectivity index (χ4n) is 2.93. The van der Waals surface area contributed by atoms with E-state index in [1.807, 2.05) is 72.0 Å². The van der Waals surface area contributed by atoms with Crippen LogP contribution in [0.2, 0.25) is 0 Å². The molecule has 0 saturated heterocycles. The molecule has 0 aliphatic carbocycles. The van der Waals surface area contributed by atoms with Crippen molar-refractivity contribution >= 4 is 0 Å². The number of aliphatic hydroxyl groups is 1. The van der Waals surface area contributed by atoms with Crippen molar-refractivity contribution in [1.82, 2.24) is 0 Å². The van der Waals surface area contributed by atoms with Crippen molar-refractivity contribution in [2.45, 2.75) is 12.1 Å². The maximum Gasteiger partial charge on any atom is 0.163 e. The summed E-state index contributed by atoms with van der Waals surface area (Å²) < 4.78 is 13.8. The Kier molecular flexibility index (Phi) is 5.04. The van der Waals surface area contributed by atoms with E-state index in [1.54, 1.807) is 12.1 Å². The van der Waals surface area contributed by atoms with Crippen LogP contribution in [0.1, 0.15) is 16.7 Å². The van der Waals surface area contributed by atoms with Gasteiger partial charge >= 0.3 is 0 Å². The highest BCUT2D eigenvalue weighted by Crippen LogP contribution is 2.27. The van der Waals surface area contributed by atoms with Crippen LogP contribution in [0.5, 0.6) is 0 Å². The van der Waals surface area contributed by atoms with Crippen molar-refractivity contribution in [1.29, 1.82) is 0 Å². The number of rotatable bonds is 6. The lowest BCUT2D eigenvalue weighted by Gasteiger charge is -2.27. The summed E-state index contributed by atoms with van der Waals surface area (Å²) in [7, 11) is 0. The predicted molar refractivity (Wildman–Crippen MR) is 92.8 cm³/mol. The van der Waals surface area contributed by atoms with E-state index < -0.39 is 5.60 Å². The van der Waals surface area contributed by atoms with Crippen LogP contribution in [0.15, 0.2) is 84.9 Å². The van der Waals surface area contributed by atoms with Crippen LogP contribution in [0.4, 0.5) is 4.39 Å². The molecule has 0 bridgehead atoms. The SMILES string of the molecule is OC(C[NH2+]Cc1ccccc1F)(c1ccccc1)c1ccccc1. The summed E-state index contributed by atoms with van der Waals surface area (Å²) in [5, 5.41) is 13.3. The molecule has 3 N–H and O–H groups in total. The van der Waals surface area contributed by atoms with Crippen LogP contribution in [-0.4, -0.2) is 11.7 Å². The van der Waals surface area contributed by atoms with Gasteiger partial charge in [0.25, 0.3) is 0 Å². The molecule has 0 aliphatic heterocycles. The summed E-state index contributed by atoms with van der Waals surface area (Å²) in [6, 6.07) is 26.0. The van der Waals surface area contributed by atoms with Gasteiger partial charge in [-0.15, -0.1) is 0 Å². The Morgan fingerprint density at radius 2 is 1.25 bits per heavy atom. The van der Waals surface area contributed by atoms with Gasteiger partial charge in [-0.05, 0) is 17.2 Å². The second-order valence-electron chi connectivity index (χ2n) is 5.88. The quantitative estimate of drug-likeness (QED) is 0.719. The third-order valence-electron chi connectivity index (χ3n) is 4.26. The zero-order chi connectivity index (χ0) is 16.8.